The lowest BCUT2D eigenvalue weighted by atomic mass is 9.96. The van der Waals surface area contributed by atoms with Crippen LogP contribution in [0.5, 0.6) is 0 Å². The Kier molecular flexibility index (Phi) is 3.31. The number of morpholine rings is 1. The van der Waals surface area contributed by atoms with Crippen LogP contribution in [0.25, 0.3) is 0 Å². The Morgan fingerprint density at radius 1 is 1.25 bits per heavy atom. The smallest absolute Gasteiger partial charge is 0.357 e. The molecule has 1 aliphatic rings. The van der Waals surface area contributed by atoms with Crippen molar-refractivity contribution < 1.29 is 17.9 Å². The van der Waals surface area contributed by atoms with Crippen LogP contribution in [0.2, 0.25) is 0 Å². The number of hydrogen-bond donors (Lipinski definition) is 1. The molecular formula is C10H19F3N2O. The molecule has 1 rings (SSSR count). The Hall–Kier alpha value is -0.330. The zero-order chi connectivity index (χ0) is 12.8. The van der Waals surface area contributed by atoms with Crippen molar-refractivity contribution >= 4 is 0 Å². The summed E-state index contributed by atoms with van der Waals surface area (Å²) >= 11 is 0. The molecule has 0 aromatic rings. The summed E-state index contributed by atoms with van der Waals surface area (Å²) in [5.74, 6) is 0. The highest BCUT2D eigenvalue weighted by atomic mass is 19.4. The summed E-state index contributed by atoms with van der Waals surface area (Å²) in [6.45, 7) is 6.21. The van der Waals surface area contributed by atoms with Crippen LogP contribution >= 0.6 is 0 Å². The summed E-state index contributed by atoms with van der Waals surface area (Å²) in [7, 11) is 0. The highest BCUT2D eigenvalue weighted by molar-refractivity contribution is 4.96. The molecule has 1 aliphatic heterocycles. The Morgan fingerprint density at radius 3 is 2.12 bits per heavy atom. The predicted molar refractivity (Wildman–Crippen MR) is 54.8 cm³/mol. The molecule has 0 amide bonds. The van der Waals surface area contributed by atoms with Gasteiger partial charge in [0.1, 0.15) is 0 Å². The summed E-state index contributed by atoms with van der Waals surface area (Å²) in [5.41, 5.74) is 2.65. The summed E-state index contributed by atoms with van der Waals surface area (Å²) in [6, 6.07) is 0. The van der Waals surface area contributed by atoms with Gasteiger partial charge in [-0.15, -0.1) is 0 Å². The molecule has 1 saturated heterocycles. The number of alkyl halides is 3. The fourth-order valence-electron chi connectivity index (χ4n) is 2.04. The van der Waals surface area contributed by atoms with Crippen molar-refractivity contribution in [3.8, 4) is 0 Å². The lowest BCUT2D eigenvalue weighted by Gasteiger charge is -2.50. The summed E-state index contributed by atoms with van der Waals surface area (Å²) in [6.07, 6.45) is -4.80. The van der Waals surface area contributed by atoms with E-state index >= 15 is 0 Å². The summed E-state index contributed by atoms with van der Waals surface area (Å²) in [5, 5.41) is 0. The van der Waals surface area contributed by atoms with E-state index in [9.17, 15) is 13.2 Å². The molecule has 1 fully saturated rings. The second-order valence-electron chi connectivity index (χ2n) is 5.24. The fourth-order valence-corrected chi connectivity index (χ4v) is 2.04. The van der Waals surface area contributed by atoms with Gasteiger partial charge < -0.3 is 10.5 Å². The largest absolute Gasteiger partial charge is 0.418 e. The van der Waals surface area contributed by atoms with E-state index in [0.29, 0.717) is 6.54 Å². The van der Waals surface area contributed by atoms with E-state index in [1.54, 1.807) is 25.7 Å². The van der Waals surface area contributed by atoms with E-state index in [0.717, 1.165) is 6.92 Å². The van der Waals surface area contributed by atoms with E-state index in [2.05, 4.69) is 0 Å². The van der Waals surface area contributed by atoms with Crippen molar-refractivity contribution in [2.45, 2.75) is 51.2 Å². The first-order valence-electron chi connectivity index (χ1n) is 5.23. The Morgan fingerprint density at radius 2 is 1.75 bits per heavy atom. The molecule has 0 aliphatic carbocycles. The van der Waals surface area contributed by atoms with Crippen molar-refractivity contribution in [2.75, 3.05) is 13.1 Å². The van der Waals surface area contributed by atoms with Crippen molar-refractivity contribution in [1.29, 1.82) is 0 Å². The SMILES string of the molecule is CC(N)N1CC(C)(C)OC(C)(C(F)(F)F)C1. The monoisotopic (exact) mass is 240 g/mol. The maximum Gasteiger partial charge on any atom is 0.418 e. The molecule has 2 N–H and O–H groups in total. The molecule has 0 spiro atoms. The number of hydrogen-bond acceptors (Lipinski definition) is 3. The number of nitrogens with two attached hydrogens (primary N) is 1. The Labute approximate surface area is 93.7 Å². The molecule has 2 unspecified atom stereocenters. The second-order valence-corrected chi connectivity index (χ2v) is 5.24. The average Bonchev–Trinajstić information content (AvgIpc) is 1.97. The maximum absolute atomic E-state index is 12.9. The molecule has 1 heterocycles. The average molecular weight is 240 g/mol. The third-order valence-corrected chi connectivity index (χ3v) is 2.77. The van der Waals surface area contributed by atoms with Crippen LogP contribution in [-0.4, -0.2) is 41.5 Å². The molecular weight excluding hydrogens is 221 g/mol. The van der Waals surface area contributed by atoms with Crippen molar-refractivity contribution in [3.05, 3.63) is 0 Å². The van der Waals surface area contributed by atoms with Gasteiger partial charge in [0.25, 0.3) is 0 Å². The van der Waals surface area contributed by atoms with E-state index in [1.165, 1.54) is 0 Å². The van der Waals surface area contributed by atoms with E-state index in [4.69, 9.17) is 10.5 Å². The van der Waals surface area contributed by atoms with Gasteiger partial charge in [0.05, 0.1) is 11.8 Å². The zero-order valence-electron chi connectivity index (χ0n) is 10.1. The van der Waals surface area contributed by atoms with Gasteiger partial charge in [0.2, 0.25) is 0 Å². The lowest BCUT2D eigenvalue weighted by Crippen LogP contribution is -2.66. The minimum atomic E-state index is -4.39. The van der Waals surface area contributed by atoms with E-state index in [-0.39, 0.29) is 6.54 Å². The van der Waals surface area contributed by atoms with Crippen molar-refractivity contribution in [1.82, 2.24) is 4.90 Å². The van der Waals surface area contributed by atoms with Crippen LogP contribution < -0.4 is 5.73 Å². The van der Waals surface area contributed by atoms with Crippen LogP contribution in [0.3, 0.4) is 0 Å². The quantitative estimate of drug-likeness (QED) is 0.758. The third kappa shape index (κ3) is 2.67. The summed E-state index contributed by atoms with van der Waals surface area (Å²) in [4.78, 5) is 1.59. The van der Waals surface area contributed by atoms with Gasteiger partial charge in [-0.05, 0) is 27.7 Å². The standard InChI is InChI=1S/C10H19F3N2O/c1-7(14)15-5-8(2,3)16-9(4,6-15)10(11,12)13/h7H,5-6,14H2,1-4H3. The fraction of sp³-hybridized carbons (Fsp3) is 1.00. The topological polar surface area (TPSA) is 38.5 Å². The normalized spacial score (nSPS) is 33.8. The maximum atomic E-state index is 12.9. The molecule has 0 aromatic carbocycles. The van der Waals surface area contributed by atoms with Gasteiger partial charge in [-0.1, -0.05) is 0 Å². The van der Waals surface area contributed by atoms with Gasteiger partial charge in [0, 0.05) is 13.1 Å². The van der Waals surface area contributed by atoms with Crippen LogP contribution in [0.1, 0.15) is 27.7 Å². The van der Waals surface area contributed by atoms with Crippen LogP contribution in [0.4, 0.5) is 13.2 Å². The molecule has 6 heteroatoms. The molecule has 0 bridgehead atoms. The second kappa shape index (κ2) is 3.85. The molecule has 96 valence electrons. The van der Waals surface area contributed by atoms with Crippen molar-refractivity contribution in [2.24, 2.45) is 5.73 Å². The van der Waals surface area contributed by atoms with Gasteiger partial charge >= 0.3 is 6.18 Å². The van der Waals surface area contributed by atoms with E-state index < -0.39 is 23.5 Å². The number of rotatable bonds is 1. The molecule has 3 nitrogen and oxygen atoms in total. The van der Waals surface area contributed by atoms with Gasteiger partial charge in [-0.3, -0.25) is 4.90 Å². The molecule has 0 radical (unpaired) electrons. The number of nitrogens with zero attached hydrogens (tertiary/aromatic N) is 1. The Bertz CT molecular complexity index is 265. The Balaban J connectivity index is 2.97. The first-order valence-corrected chi connectivity index (χ1v) is 5.23. The molecule has 16 heavy (non-hydrogen) atoms. The number of ether oxygens (including phenoxy) is 1. The molecule has 2 atom stereocenters. The van der Waals surface area contributed by atoms with Crippen LogP contribution in [0.15, 0.2) is 0 Å². The summed E-state index contributed by atoms with van der Waals surface area (Å²) < 4.78 is 43.9. The molecule has 0 saturated carbocycles. The van der Waals surface area contributed by atoms with Gasteiger partial charge in [-0.25, -0.2) is 0 Å². The first kappa shape index (κ1) is 13.7. The lowest BCUT2D eigenvalue weighted by molar-refractivity contribution is -0.324. The first-order chi connectivity index (χ1) is 6.97. The van der Waals surface area contributed by atoms with Gasteiger partial charge in [0.15, 0.2) is 5.60 Å². The minimum Gasteiger partial charge on any atom is -0.357 e. The van der Waals surface area contributed by atoms with Crippen LogP contribution in [0, 0.1) is 0 Å². The minimum absolute atomic E-state index is 0.225. The van der Waals surface area contributed by atoms with E-state index in [1.807, 2.05) is 0 Å². The van der Waals surface area contributed by atoms with Gasteiger partial charge in [-0.2, -0.15) is 13.2 Å². The van der Waals surface area contributed by atoms with Crippen LogP contribution in [-0.2, 0) is 4.74 Å². The predicted octanol–water partition coefficient (Wildman–Crippen LogP) is 1.72. The highest BCUT2D eigenvalue weighted by Crippen LogP contribution is 2.40. The highest BCUT2D eigenvalue weighted by Gasteiger charge is 2.58. The molecule has 0 aromatic heterocycles. The third-order valence-electron chi connectivity index (χ3n) is 2.77. The zero-order valence-corrected chi connectivity index (χ0v) is 10.1. The number of halogens is 3. The van der Waals surface area contributed by atoms with Crippen molar-refractivity contribution in [3.63, 3.8) is 0 Å².